The van der Waals surface area contributed by atoms with Crippen LogP contribution in [0.2, 0.25) is 0 Å². The number of rotatable bonds is 4. The molecule has 14 heavy (non-hydrogen) atoms. The van der Waals surface area contributed by atoms with Crippen LogP contribution in [0.5, 0.6) is 0 Å². The lowest BCUT2D eigenvalue weighted by molar-refractivity contribution is -0.121. The van der Waals surface area contributed by atoms with Crippen molar-refractivity contribution < 1.29 is 9.59 Å². The molecule has 4 nitrogen and oxygen atoms in total. The van der Waals surface area contributed by atoms with Crippen LogP contribution in [0.4, 0.5) is 4.79 Å². The van der Waals surface area contributed by atoms with Gasteiger partial charge in [-0.25, -0.2) is 4.79 Å². The first-order valence-electron chi connectivity index (χ1n) is 4.83. The molecule has 0 aromatic carbocycles. The second-order valence-corrected chi connectivity index (χ2v) is 4.62. The molecular formula is C9H16N2O2S. The Kier molecular flexibility index (Phi) is 4.25. The fraction of sp³-hybridized carbons (Fsp3) is 0.778. The van der Waals surface area contributed by atoms with Crippen LogP contribution >= 0.6 is 11.8 Å². The number of amides is 3. The van der Waals surface area contributed by atoms with Gasteiger partial charge in [0.05, 0.1) is 0 Å². The monoisotopic (exact) mass is 216 g/mol. The molecule has 1 heterocycles. The number of nitrogens with zero attached hydrogens (tertiary/aromatic N) is 1. The highest BCUT2D eigenvalue weighted by Gasteiger charge is 2.26. The van der Waals surface area contributed by atoms with Crippen LogP contribution < -0.4 is 5.32 Å². The van der Waals surface area contributed by atoms with Gasteiger partial charge in [-0.3, -0.25) is 10.1 Å². The normalized spacial score (nSPS) is 19.4. The zero-order chi connectivity index (χ0) is 10.6. The van der Waals surface area contributed by atoms with Crippen molar-refractivity contribution in [2.24, 2.45) is 0 Å². The summed E-state index contributed by atoms with van der Waals surface area (Å²) in [7, 11) is 0. The smallest absolute Gasteiger partial charge is 0.320 e. The maximum absolute atomic E-state index is 11.4. The predicted octanol–water partition coefficient (Wildman–Crippen LogP) is 1.07. The van der Waals surface area contributed by atoms with E-state index in [0.29, 0.717) is 13.0 Å². The average molecular weight is 216 g/mol. The number of carbonyl (C=O) groups is 2. The predicted molar refractivity (Wildman–Crippen MR) is 57.3 cm³/mol. The third-order valence-electron chi connectivity index (χ3n) is 2.18. The molecule has 1 fully saturated rings. The molecule has 0 saturated carbocycles. The van der Waals surface area contributed by atoms with E-state index in [9.17, 15) is 9.59 Å². The summed E-state index contributed by atoms with van der Waals surface area (Å²) < 4.78 is 0. The lowest BCUT2D eigenvalue weighted by Gasteiger charge is -2.31. The lowest BCUT2D eigenvalue weighted by atomic mass is 10.2. The molecule has 0 aliphatic carbocycles. The van der Waals surface area contributed by atoms with Crippen LogP contribution in [0, 0.1) is 0 Å². The standard InChI is InChI=1S/C9H16N2O2S/c1-3-14-6-7(2)11-5-4-8(12)10-9(11)13/h7H,3-6H2,1-2H3,(H,10,12,13). The van der Waals surface area contributed by atoms with Gasteiger partial charge in [0.2, 0.25) is 5.91 Å². The highest BCUT2D eigenvalue weighted by atomic mass is 32.2. The van der Waals surface area contributed by atoms with E-state index in [1.54, 1.807) is 16.7 Å². The van der Waals surface area contributed by atoms with E-state index in [1.807, 2.05) is 6.92 Å². The largest absolute Gasteiger partial charge is 0.324 e. The minimum absolute atomic E-state index is 0.165. The number of thioether (sulfide) groups is 1. The van der Waals surface area contributed by atoms with E-state index >= 15 is 0 Å². The summed E-state index contributed by atoms with van der Waals surface area (Å²) in [6.07, 6.45) is 0.423. The maximum atomic E-state index is 11.4. The third-order valence-corrected chi connectivity index (χ3v) is 3.31. The van der Waals surface area contributed by atoms with Gasteiger partial charge in [-0.05, 0) is 12.7 Å². The molecule has 0 spiro atoms. The minimum atomic E-state index is -0.245. The van der Waals surface area contributed by atoms with Crippen LogP contribution in [-0.4, -0.2) is 40.9 Å². The third kappa shape index (κ3) is 2.90. The molecule has 3 amide bonds. The Bertz CT molecular complexity index is 233. The molecule has 1 aliphatic rings. The lowest BCUT2D eigenvalue weighted by Crippen LogP contribution is -2.53. The molecule has 1 aliphatic heterocycles. The molecule has 1 N–H and O–H groups in total. The van der Waals surface area contributed by atoms with Crippen molar-refractivity contribution >= 4 is 23.7 Å². The minimum Gasteiger partial charge on any atom is -0.320 e. The van der Waals surface area contributed by atoms with E-state index in [1.165, 1.54) is 0 Å². The Labute approximate surface area is 88.4 Å². The molecule has 1 saturated heterocycles. The summed E-state index contributed by atoms with van der Waals surface area (Å²) in [6, 6.07) is -0.0431. The summed E-state index contributed by atoms with van der Waals surface area (Å²) in [5.74, 6) is 1.82. The van der Waals surface area contributed by atoms with Crippen molar-refractivity contribution in [3.63, 3.8) is 0 Å². The highest BCUT2D eigenvalue weighted by molar-refractivity contribution is 7.99. The van der Waals surface area contributed by atoms with Crippen molar-refractivity contribution in [1.82, 2.24) is 10.2 Å². The molecule has 1 rings (SSSR count). The summed E-state index contributed by atoms with van der Waals surface area (Å²) in [5, 5.41) is 2.33. The van der Waals surface area contributed by atoms with Gasteiger partial charge in [0.25, 0.3) is 0 Å². The Morgan fingerprint density at radius 1 is 1.57 bits per heavy atom. The molecule has 0 aromatic rings. The zero-order valence-electron chi connectivity index (χ0n) is 8.58. The van der Waals surface area contributed by atoms with Gasteiger partial charge in [0.15, 0.2) is 0 Å². The second kappa shape index (κ2) is 5.24. The van der Waals surface area contributed by atoms with Crippen LogP contribution in [0.25, 0.3) is 0 Å². The van der Waals surface area contributed by atoms with Crippen LogP contribution in [0.15, 0.2) is 0 Å². The first-order valence-corrected chi connectivity index (χ1v) is 5.98. The molecule has 80 valence electrons. The van der Waals surface area contributed by atoms with E-state index < -0.39 is 0 Å². The van der Waals surface area contributed by atoms with Crippen molar-refractivity contribution in [2.45, 2.75) is 26.3 Å². The zero-order valence-corrected chi connectivity index (χ0v) is 9.39. The average Bonchev–Trinajstić information content (AvgIpc) is 2.14. The number of nitrogens with one attached hydrogen (secondary N) is 1. The van der Waals surface area contributed by atoms with Crippen LogP contribution in [0.1, 0.15) is 20.3 Å². The van der Waals surface area contributed by atoms with Gasteiger partial charge in [-0.1, -0.05) is 6.92 Å². The fourth-order valence-electron chi connectivity index (χ4n) is 1.38. The second-order valence-electron chi connectivity index (χ2n) is 3.31. The fourth-order valence-corrected chi connectivity index (χ4v) is 2.13. The molecular weight excluding hydrogens is 200 g/mol. The SMILES string of the molecule is CCSCC(C)N1CCC(=O)NC1=O. The molecule has 0 bridgehead atoms. The number of carbonyl (C=O) groups excluding carboxylic acids is 2. The van der Waals surface area contributed by atoms with Crippen LogP contribution in [-0.2, 0) is 4.79 Å². The van der Waals surface area contributed by atoms with Gasteiger partial charge in [-0.15, -0.1) is 0 Å². The van der Waals surface area contributed by atoms with E-state index in [-0.39, 0.29) is 18.0 Å². The number of urea groups is 1. The van der Waals surface area contributed by atoms with Gasteiger partial charge in [-0.2, -0.15) is 11.8 Å². The molecule has 1 unspecified atom stereocenters. The van der Waals surface area contributed by atoms with E-state index in [4.69, 9.17) is 0 Å². The molecule has 5 heteroatoms. The maximum Gasteiger partial charge on any atom is 0.324 e. The van der Waals surface area contributed by atoms with Gasteiger partial charge in [0, 0.05) is 24.8 Å². The number of hydrogen-bond donors (Lipinski definition) is 1. The topological polar surface area (TPSA) is 49.4 Å². The molecule has 0 radical (unpaired) electrons. The first-order chi connectivity index (χ1) is 6.65. The van der Waals surface area contributed by atoms with E-state index in [2.05, 4.69) is 12.2 Å². The van der Waals surface area contributed by atoms with Crippen molar-refractivity contribution in [2.75, 3.05) is 18.1 Å². The quantitative estimate of drug-likeness (QED) is 0.764. The summed E-state index contributed by atoms with van der Waals surface area (Å²) in [4.78, 5) is 24.0. The Balaban J connectivity index is 2.43. The summed E-state index contributed by atoms with van der Waals surface area (Å²) in [6.45, 7) is 4.66. The molecule has 1 atom stereocenters. The summed E-state index contributed by atoms with van der Waals surface area (Å²) >= 11 is 1.81. The summed E-state index contributed by atoms with van der Waals surface area (Å²) in [5.41, 5.74) is 0. The van der Waals surface area contributed by atoms with Gasteiger partial charge < -0.3 is 4.90 Å². The van der Waals surface area contributed by atoms with Gasteiger partial charge in [0.1, 0.15) is 0 Å². The van der Waals surface area contributed by atoms with Crippen LogP contribution in [0.3, 0.4) is 0 Å². The molecule has 0 aromatic heterocycles. The number of imide groups is 1. The van der Waals surface area contributed by atoms with Crippen molar-refractivity contribution in [1.29, 1.82) is 0 Å². The Morgan fingerprint density at radius 2 is 2.29 bits per heavy atom. The Hall–Kier alpha value is -0.710. The highest BCUT2D eigenvalue weighted by Crippen LogP contribution is 2.11. The van der Waals surface area contributed by atoms with Gasteiger partial charge >= 0.3 is 6.03 Å². The van der Waals surface area contributed by atoms with Crippen molar-refractivity contribution in [3.8, 4) is 0 Å². The van der Waals surface area contributed by atoms with Crippen molar-refractivity contribution in [3.05, 3.63) is 0 Å². The Morgan fingerprint density at radius 3 is 2.86 bits per heavy atom. The number of hydrogen-bond acceptors (Lipinski definition) is 3. The van der Waals surface area contributed by atoms with E-state index in [0.717, 1.165) is 11.5 Å². The first kappa shape index (κ1) is 11.4.